The Morgan fingerprint density at radius 1 is 0.897 bits per heavy atom. The van der Waals surface area contributed by atoms with Crippen molar-refractivity contribution >= 4 is 39.7 Å². The molecule has 2 aromatic carbocycles. The molecule has 0 atom stereocenters. The van der Waals surface area contributed by atoms with Gasteiger partial charge in [0.25, 0.3) is 5.91 Å². The van der Waals surface area contributed by atoms with Gasteiger partial charge in [-0.15, -0.1) is 10.2 Å². The number of nitrogens with one attached hydrogen (secondary N) is 2. The summed E-state index contributed by atoms with van der Waals surface area (Å²) in [5.74, 6) is 0.225. The molecule has 0 fully saturated rings. The quantitative estimate of drug-likeness (QED) is 0.539. The third-order valence-corrected chi connectivity index (χ3v) is 4.43. The van der Waals surface area contributed by atoms with Crippen LogP contribution in [-0.4, -0.2) is 35.2 Å². The van der Waals surface area contributed by atoms with E-state index in [0.717, 1.165) is 22.3 Å². The number of hydrogen-bond donors (Lipinski definition) is 2. The Bertz CT molecular complexity index is 1130. The average Bonchev–Trinajstić information content (AvgIpc) is 2.75. The number of rotatable bonds is 5. The summed E-state index contributed by atoms with van der Waals surface area (Å²) < 4.78 is 0. The van der Waals surface area contributed by atoms with Crippen LogP contribution in [0.3, 0.4) is 0 Å². The number of amides is 1. The first kappa shape index (κ1) is 18.4. The summed E-state index contributed by atoms with van der Waals surface area (Å²) in [6, 6.07) is 20.7. The summed E-state index contributed by atoms with van der Waals surface area (Å²) in [7, 11) is 3.93. The molecular formula is C22H20N6O. The van der Waals surface area contributed by atoms with Crippen LogP contribution >= 0.6 is 0 Å². The number of fused-ring (bicyclic) bond motifs is 1. The van der Waals surface area contributed by atoms with Crippen LogP contribution in [0.15, 0.2) is 72.9 Å². The van der Waals surface area contributed by atoms with E-state index in [1.54, 1.807) is 18.3 Å². The zero-order valence-corrected chi connectivity index (χ0v) is 16.1. The van der Waals surface area contributed by atoms with Gasteiger partial charge in [-0.1, -0.05) is 18.2 Å². The standard InChI is InChI=1S/C22H20N6O/c1-28(2)17-10-8-16(9-11-17)24-22(29)19-12-13-20(27-26-19)25-18-7-3-5-15-6-4-14-23-21(15)18/h3-14H,1-2H3,(H,24,29)(H,25,27). The molecular weight excluding hydrogens is 364 g/mol. The lowest BCUT2D eigenvalue weighted by molar-refractivity contribution is 0.102. The Morgan fingerprint density at radius 2 is 1.69 bits per heavy atom. The Kier molecular flexibility index (Phi) is 5.03. The van der Waals surface area contributed by atoms with Gasteiger partial charge in [0.15, 0.2) is 11.5 Å². The SMILES string of the molecule is CN(C)c1ccc(NC(=O)c2ccc(Nc3cccc4cccnc34)nn2)cc1. The molecule has 2 N–H and O–H groups in total. The molecule has 2 aromatic heterocycles. The molecule has 0 saturated carbocycles. The number of aromatic nitrogens is 3. The summed E-state index contributed by atoms with van der Waals surface area (Å²) in [4.78, 5) is 18.8. The van der Waals surface area contributed by atoms with Gasteiger partial charge in [-0.25, -0.2) is 0 Å². The Labute approximate surface area is 168 Å². The van der Waals surface area contributed by atoms with Crippen LogP contribution in [-0.2, 0) is 0 Å². The summed E-state index contributed by atoms with van der Waals surface area (Å²) in [6.45, 7) is 0. The molecule has 0 radical (unpaired) electrons. The molecule has 0 aliphatic carbocycles. The van der Waals surface area contributed by atoms with Gasteiger partial charge in [0.2, 0.25) is 0 Å². The van der Waals surface area contributed by atoms with Crippen molar-refractivity contribution in [3.8, 4) is 0 Å². The van der Waals surface area contributed by atoms with Crippen molar-refractivity contribution < 1.29 is 4.79 Å². The Hall–Kier alpha value is -4.00. The van der Waals surface area contributed by atoms with Gasteiger partial charge in [-0.2, -0.15) is 0 Å². The maximum Gasteiger partial charge on any atom is 0.276 e. The maximum atomic E-state index is 12.4. The minimum Gasteiger partial charge on any atom is -0.378 e. The molecule has 29 heavy (non-hydrogen) atoms. The second-order valence-corrected chi connectivity index (χ2v) is 6.70. The highest BCUT2D eigenvalue weighted by atomic mass is 16.1. The van der Waals surface area contributed by atoms with Gasteiger partial charge in [0, 0.05) is 37.1 Å². The number of para-hydroxylation sites is 1. The molecule has 0 aliphatic heterocycles. The first-order chi connectivity index (χ1) is 14.1. The van der Waals surface area contributed by atoms with Crippen LogP contribution in [0.2, 0.25) is 0 Å². The van der Waals surface area contributed by atoms with Crippen LogP contribution in [0, 0.1) is 0 Å². The van der Waals surface area contributed by atoms with E-state index in [4.69, 9.17) is 0 Å². The van der Waals surface area contributed by atoms with Crippen LogP contribution in [0.5, 0.6) is 0 Å². The second kappa shape index (κ2) is 7.93. The van der Waals surface area contributed by atoms with Gasteiger partial charge < -0.3 is 15.5 Å². The van der Waals surface area contributed by atoms with E-state index in [9.17, 15) is 4.79 Å². The van der Waals surface area contributed by atoms with Gasteiger partial charge in [0.05, 0.1) is 11.2 Å². The maximum absolute atomic E-state index is 12.4. The molecule has 7 nitrogen and oxygen atoms in total. The number of anilines is 4. The Balaban J connectivity index is 1.46. The highest BCUT2D eigenvalue weighted by molar-refractivity contribution is 6.03. The molecule has 0 spiro atoms. The summed E-state index contributed by atoms with van der Waals surface area (Å²) in [6.07, 6.45) is 1.75. The third kappa shape index (κ3) is 4.14. The molecule has 7 heteroatoms. The van der Waals surface area contributed by atoms with E-state index >= 15 is 0 Å². The molecule has 0 saturated heterocycles. The molecule has 4 rings (SSSR count). The monoisotopic (exact) mass is 384 g/mol. The highest BCUT2D eigenvalue weighted by Crippen LogP contribution is 2.23. The second-order valence-electron chi connectivity index (χ2n) is 6.70. The number of benzene rings is 2. The van der Waals surface area contributed by atoms with Gasteiger partial charge in [0.1, 0.15) is 0 Å². The molecule has 2 heterocycles. The predicted octanol–water partition coefficient (Wildman–Crippen LogP) is 4.09. The van der Waals surface area contributed by atoms with Crippen LogP contribution in [0.25, 0.3) is 10.9 Å². The van der Waals surface area contributed by atoms with Crippen molar-refractivity contribution in [3.63, 3.8) is 0 Å². The lowest BCUT2D eigenvalue weighted by Gasteiger charge is -2.13. The van der Waals surface area contributed by atoms with E-state index in [-0.39, 0.29) is 11.6 Å². The van der Waals surface area contributed by atoms with Crippen LogP contribution in [0.1, 0.15) is 10.5 Å². The lowest BCUT2D eigenvalue weighted by atomic mass is 10.2. The largest absolute Gasteiger partial charge is 0.378 e. The molecule has 0 aliphatic rings. The van der Waals surface area contributed by atoms with Gasteiger partial charge in [-0.05, 0) is 48.5 Å². The summed E-state index contributed by atoms with van der Waals surface area (Å²) in [5, 5.41) is 15.2. The fraction of sp³-hybridized carbons (Fsp3) is 0.0909. The minimum absolute atomic E-state index is 0.239. The van der Waals surface area contributed by atoms with E-state index in [2.05, 4.69) is 25.8 Å². The molecule has 1 amide bonds. The van der Waals surface area contributed by atoms with Crippen molar-refractivity contribution in [1.29, 1.82) is 0 Å². The number of carbonyl (C=O) groups is 1. The van der Waals surface area contributed by atoms with E-state index in [1.165, 1.54) is 0 Å². The normalized spacial score (nSPS) is 10.6. The van der Waals surface area contributed by atoms with Gasteiger partial charge in [-0.3, -0.25) is 9.78 Å². The number of carbonyl (C=O) groups excluding carboxylic acids is 1. The summed E-state index contributed by atoms with van der Waals surface area (Å²) in [5.41, 5.74) is 3.67. The third-order valence-electron chi connectivity index (χ3n) is 4.43. The fourth-order valence-corrected chi connectivity index (χ4v) is 2.90. The van der Waals surface area contributed by atoms with Crippen molar-refractivity contribution in [2.45, 2.75) is 0 Å². The number of hydrogen-bond acceptors (Lipinski definition) is 6. The van der Waals surface area contributed by atoms with Crippen molar-refractivity contribution in [2.24, 2.45) is 0 Å². The topological polar surface area (TPSA) is 83.0 Å². The van der Waals surface area contributed by atoms with E-state index in [0.29, 0.717) is 11.5 Å². The minimum atomic E-state index is -0.312. The van der Waals surface area contributed by atoms with E-state index in [1.807, 2.05) is 73.6 Å². The predicted molar refractivity (Wildman–Crippen MR) is 116 cm³/mol. The molecule has 4 aromatic rings. The number of pyridine rings is 1. The Morgan fingerprint density at radius 3 is 2.41 bits per heavy atom. The lowest BCUT2D eigenvalue weighted by Crippen LogP contribution is -2.15. The van der Waals surface area contributed by atoms with Crippen molar-refractivity contribution in [1.82, 2.24) is 15.2 Å². The summed E-state index contributed by atoms with van der Waals surface area (Å²) >= 11 is 0. The van der Waals surface area contributed by atoms with Crippen LogP contribution < -0.4 is 15.5 Å². The fourth-order valence-electron chi connectivity index (χ4n) is 2.90. The highest BCUT2D eigenvalue weighted by Gasteiger charge is 2.10. The van der Waals surface area contributed by atoms with Crippen molar-refractivity contribution in [2.75, 3.05) is 29.6 Å². The first-order valence-electron chi connectivity index (χ1n) is 9.13. The molecule has 0 bridgehead atoms. The number of nitrogens with zero attached hydrogens (tertiary/aromatic N) is 4. The molecule has 0 unspecified atom stereocenters. The molecule has 144 valence electrons. The van der Waals surface area contributed by atoms with E-state index < -0.39 is 0 Å². The average molecular weight is 384 g/mol. The van der Waals surface area contributed by atoms with Crippen LogP contribution in [0.4, 0.5) is 22.9 Å². The zero-order valence-electron chi connectivity index (χ0n) is 16.1. The van der Waals surface area contributed by atoms with Crippen molar-refractivity contribution in [3.05, 3.63) is 78.6 Å². The smallest absolute Gasteiger partial charge is 0.276 e. The first-order valence-corrected chi connectivity index (χ1v) is 9.13. The zero-order chi connectivity index (χ0) is 20.2. The van der Waals surface area contributed by atoms with Gasteiger partial charge >= 0.3 is 0 Å².